The summed E-state index contributed by atoms with van der Waals surface area (Å²) in [6.45, 7) is 4.97. The van der Waals surface area contributed by atoms with Crippen molar-refractivity contribution in [2.24, 2.45) is 0 Å². The highest BCUT2D eigenvalue weighted by molar-refractivity contribution is 5.40. The predicted molar refractivity (Wildman–Crippen MR) is 79.6 cm³/mol. The van der Waals surface area contributed by atoms with E-state index in [2.05, 4.69) is 12.2 Å². The van der Waals surface area contributed by atoms with Crippen LogP contribution in [0.15, 0.2) is 42.5 Å². The molecule has 0 bridgehead atoms. The third kappa shape index (κ3) is 3.79. The SMILES string of the molecule is CCNC(CC)c1ccccc1Oc1ccc(F)c(F)c1. The molecule has 0 amide bonds. The van der Waals surface area contributed by atoms with E-state index < -0.39 is 11.6 Å². The Hall–Kier alpha value is -1.94. The van der Waals surface area contributed by atoms with E-state index in [0.29, 0.717) is 5.75 Å². The molecule has 4 heteroatoms. The fourth-order valence-corrected chi connectivity index (χ4v) is 2.25. The van der Waals surface area contributed by atoms with Crippen LogP contribution >= 0.6 is 0 Å². The molecule has 0 aromatic heterocycles. The summed E-state index contributed by atoms with van der Waals surface area (Å²) in [6.07, 6.45) is 0.909. The van der Waals surface area contributed by atoms with Crippen molar-refractivity contribution < 1.29 is 13.5 Å². The summed E-state index contributed by atoms with van der Waals surface area (Å²) in [5.74, 6) is -0.859. The maximum atomic E-state index is 13.3. The minimum atomic E-state index is -0.913. The van der Waals surface area contributed by atoms with Gasteiger partial charge < -0.3 is 10.1 Å². The maximum Gasteiger partial charge on any atom is 0.162 e. The molecule has 0 aliphatic carbocycles. The third-order valence-corrected chi connectivity index (χ3v) is 3.27. The molecule has 0 radical (unpaired) electrons. The molecule has 0 saturated heterocycles. The van der Waals surface area contributed by atoms with E-state index in [1.54, 1.807) is 0 Å². The number of hydrogen-bond acceptors (Lipinski definition) is 2. The van der Waals surface area contributed by atoms with E-state index in [1.807, 2.05) is 31.2 Å². The highest BCUT2D eigenvalue weighted by Gasteiger charge is 2.14. The van der Waals surface area contributed by atoms with Crippen LogP contribution in [0.3, 0.4) is 0 Å². The number of ether oxygens (including phenoxy) is 1. The third-order valence-electron chi connectivity index (χ3n) is 3.27. The smallest absolute Gasteiger partial charge is 0.162 e. The van der Waals surface area contributed by atoms with Crippen LogP contribution in [0.4, 0.5) is 8.78 Å². The highest BCUT2D eigenvalue weighted by atomic mass is 19.2. The van der Waals surface area contributed by atoms with Crippen molar-refractivity contribution in [3.05, 3.63) is 59.7 Å². The molecule has 0 spiro atoms. The molecule has 2 nitrogen and oxygen atoms in total. The van der Waals surface area contributed by atoms with Gasteiger partial charge in [-0.1, -0.05) is 32.0 Å². The molecular formula is C17H19F2NO. The standard InChI is InChI=1S/C17H19F2NO/c1-3-16(20-4-2)13-7-5-6-8-17(13)21-12-9-10-14(18)15(19)11-12/h5-11,16,20H,3-4H2,1-2H3. The first-order chi connectivity index (χ1) is 10.2. The minimum Gasteiger partial charge on any atom is -0.457 e. The van der Waals surface area contributed by atoms with Gasteiger partial charge >= 0.3 is 0 Å². The summed E-state index contributed by atoms with van der Waals surface area (Å²) >= 11 is 0. The van der Waals surface area contributed by atoms with Crippen LogP contribution in [0.1, 0.15) is 31.9 Å². The number of benzene rings is 2. The van der Waals surface area contributed by atoms with Crippen LogP contribution in [-0.4, -0.2) is 6.54 Å². The number of halogens is 2. The zero-order valence-electron chi connectivity index (χ0n) is 12.2. The minimum absolute atomic E-state index is 0.163. The lowest BCUT2D eigenvalue weighted by Crippen LogP contribution is -2.20. The zero-order chi connectivity index (χ0) is 15.2. The molecule has 1 N–H and O–H groups in total. The molecule has 2 aromatic rings. The lowest BCUT2D eigenvalue weighted by Gasteiger charge is -2.20. The summed E-state index contributed by atoms with van der Waals surface area (Å²) < 4.78 is 31.9. The molecule has 1 atom stereocenters. The second-order valence-electron chi connectivity index (χ2n) is 4.73. The quantitative estimate of drug-likeness (QED) is 0.824. The Bertz CT molecular complexity index is 601. The van der Waals surface area contributed by atoms with Gasteiger partial charge in [-0.15, -0.1) is 0 Å². The summed E-state index contributed by atoms with van der Waals surface area (Å²) in [4.78, 5) is 0. The Morgan fingerprint density at radius 1 is 1.05 bits per heavy atom. The van der Waals surface area contributed by atoms with Gasteiger partial charge in [0, 0.05) is 17.7 Å². The Morgan fingerprint density at radius 2 is 1.81 bits per heavy atom. The van der Waals surface area contributed by atoms with Gasteiger partial charge in [0.2, 0.25) is 0 Å². The van der Waals surface area contributed by atoms with E-state index in [-0.39, 0.29) is 11.8 Å². The van der Waals surface area contributed by atoms with Crippen LogP contribution in [0.25, 0.3) is 0 Å². The van der Waals surface area contributed by atoms with E-state index in [1.165, 1.54) is 6.07 Å². The first-order valence-electron chi connectivity index (χ1n) is 7.10. The van der Waals surface area contributed by atoms with Gasteiger partial charge in [-0.25, -0.2) is 8.78 Å². The van der Waals surface area contributed by atoms with E-state index in [0.717, 1.165) is 30.7 Å². The first-order valence-corrected chi connectivity index (χ1v) is 7.10. The number of hydrogen-bond donors (Lipinski definition) is 1. The largest absolute Gasteiger partial charge is 0.457 e. The fraction of sp³-hybridized carbons (Fsp3) is 0.294. The predicted octanol–water partition coefficient (Wildman–Crippen LogP) is 4.82. The Balaban J connectivity index is 2.29. The van der Waals surface area contributed by atoms with Crippen molar-refractivity contribution in [2.75, 3.05) is 6.54 Å². The molecule has 0 aliphatic heterocycles. The first kappa shape index (κ1) is 15.4. The zero-order valence-corrected chi connectivity index (χ0v) is 12.2. The summed E-state index contributed by atoms with van der Waals surface area (Å²) in [5, 5.41) is 3.38. The van der Waals surface area contributed by atoms with E-state index in [4.69, 9.17) is 4.74 Å². The molecular weight excluding hydrogens is 272 g/mol. The highest BCUT2D eigenvalue weighted by Crippen LogP contribution is 2.31. The van der Waals surface area contributed by atoms with Crippen molar-refractivity contribution in [1.82, 2.24) is 5.32 Å². The molecule has 21 heavy (non-hydrogen) atoms. The van der Waals surface area contributed by atoms with Crippen molar-refractivity contribution in [2.45, 2.75) is 26.3 Å². The van der Waals surface area contributed by atoms with Gasteiger partial charge in [0.1, 0.15) is 11.5 Å². The fourth-order valence-electron chi connectivity index (χ4n) is 2.25. The number of nitrogens with one attached hydrogen (secondary N) is 1. The summed E-state index contributed by atoms with van der Waals surface area (Å²) in [5.41, 5.74) is 1.01. The summed E-state index contributed by atoms with van der Waals surface area (Å²) in [7, 11) is 0. The van der Waals surface area contributed by atoms with Crippen molar-refractivity contribution in [3.8, 4) is 11.5 Å². The summed E-state index contributed by atoms with van der Waals surface area (Å²) in [6, 6.07) is 11.3. The second kappa shape index (κ2) is 7.18. The number of rotatable bonds is 6. The Morgan fingerprint density at radius 3 is 2.48 bits per heavy atom. The van der Waals surface area contributed by atoms with Crippen molar-refractivity contribution in [1.29, 1.82) is 0 Å². The molecule has 2 rings (SSSR count). The van der Waals surface area contributed by atoms with Gasteiger partial charge in [0.25, 0.3) is 0 Å². The van der Waals surface area contributed by atoms with Crippen LogP contribution in [0.2, 0.25) is 0 Å². The van der Waals surface area contributed by atoms with Crippen LogP contribution < -0.4 is 10.1 Å². The molecule has 0 aliphatic rings. The van der Waals surface area contributed by atoms with Crippen molar-refractivity contribution >= 4 is 0 Å². The van der Waals surface area contributed by atoms with E-state index in [9.17, 15) is 8.78 Å². The topological polar surface area (TPSA) is 21.3 Å². The van der Waals surface area contributed by atoms with Crippen molar-refractivity contribution in [3.63, 3.8) is 0 Å². The Labute approximate surface area is 123 Å². The second-order valence-corrected chi connectivity index (χ2v) is 4.73. The molecule has 0 heterocycles. The number of para-hydroxylation sites is 1. The lowest BCUT2D eigenvalue weighted by atomic mass is 10.0. The van der Waals surface area contributed by atoms with Gasteiger partial charge in [0.15, 0.2) is 11.6 Å². The lowest BCUT2D eigenvalue weighted by molar-refractivity contribution is 0.442. The van der Waals surface area contributed by atoms with Gasteiger partial charge in [0.05, 0.1) is 0 Å². The molecule has 0 fully saturated rings. The van der Waals surface area contributed by atoms with E-state index >= 15 is 0 Å². The molecule has 0 saturated carbocycles. The van der Waals surface area contributed by atoms with Gasteiger partial charge in [-0.3, -0.25) is 0 Å². The molecule has 112 valence electrons. The maximum absolute atomic E-state index is 13.3. The monoisotopic (exact) mass is 291 g/mol. The Kier molecular flexibility index (Phi) is 5.28. The van der Waals surface area contributed by atoms with Crippen LogP contribution in [0, 0.1) is 11.6 Å². The van der Waals surface area contributed by atoms with Gasteiger partial charge in [-0.2, -0.15) is 0 Å². The van der Waals surface area contributed by atoms with Crippen LogP contribution in [-0.2, 0) is 0 Å². The normalized spacial score (nSPS) is 12.2. The molecule has 1 unspecified atom stereocenters. The van der Waals surface area contributed by atoms with Crippen LogP contribution in [0.5, 0.6) is 11.5 Å². The molecule has 2 aromatic carbocycles. The average Bonchev–Trinajstić information content (AvgIpc) is 2.49. The average molecular weight is 291 g/mol. The van der Waals surface area contributed by atoms with Gasteiger partial charge in [-0.05, 0) is 31.2 Å².